The average Bonchev–Trinajstić information content (AvgIpc) is 3.34. The van der Waals surface area contributed by atoms with Crippen LogP contribution in [0.4, 0.5) is 0 Å². The predicted molar refractivity (Wildman–Crippen MR) is 108 cm³/mol. The van der Waals surface area contributed by atoms with E-state index in [9.17, 15) is 0 Å². The van der Waals surface area contributed by atoms with Crippen LogP contribution in [0.2, 0.25) is 13.1 Å². The first kappa shape index (κ1) is 24.5. The van der Waals surface area contributed by atoms with Crippen molar-refractivity contribution in [3.63, 3.8) is 0 Å². The molecule has 0 saturated heterocycles. The van der Waals surface area contributed by atoms with Crippen LogP contribution in [0.1, 0.15) is 0 Å². The van der Waals surface area contributed by atoms with Gasteiger partial charge in [-0.25, -0.2) is 0 Å². The number of hydrogen-bond donors (Lipinski definition) is 0. The largest absolute Gasteiger partial charge is 0.168 e. The van der Waals surface area contributed by atoms with E-state index in [1.807, 2.05) is 0 Å². The molecule has 0 saturated carbocycles. The van der Waals surface area contributed by atoms with Crippen molar-refractivity contribution in [2.24, 2.45) is 0 Å². The Morgan fingerprint density at radius 1 is 0.654 bits per heavy atom. The molecule has 0 aliphatic heterocycles. The third-order valence-corrected chi connectivity index (χ3v) is 3.10. The fourth-order valence-electron chi connectivity index (χ4n) is 2.14. The van der Waals surface area contributed by atoms with Crippen molar-refractivity contribution in [3.8, 4) is 0 Å². The van der Waals surface area contributed by atoms with Gasteiger partial charge in [0.2, 0.25) is 0 Å². The second kappa shape index (κ2) is 15.7. The Hall–Kier alpha value is -1.49. The van der Waals surface area contributed by atoms with Gasteiger partial charge in [0.25, 0.3) is 0 Å². The summed E-state index contributed by atoms with van der Waals surface area (Å²) in [5.41, 5.74) is 0. The van der Waals surface area contributed by atoms with Gasteiger partial charge in [-0.3, -0.25) is 0 Å². The van der Waals surface area contributed by atoms with Gasteiger partial charge in [-0.2, -0.15) is 49.3 Å². The Morgan fingerprint density at radius 2 is 0.962 bits per heavy atom. The molecule has 0 unspecified atom stereocenters. The molecular formula is C22H26O2SiTi-2. The van der Waals surface area contributed by atoms with Crippen LogP contribution < -0.4 is 10.2 Å². The molecule has 0 aliphatic carbocycles. The van der Waals surface area contributed by atoms with Crippen LogP contribution >= 0.6 is 0 Å². The Balaban J connectivity index is 0.000000349. The molecule has 4 heteroatoms. The summed E-state index contributed by atoms with van der Waals surface area (Å²) in [5.74, 6) is 0. The van der Waals surface area contributed by atoms with Crippen LogP contribution in [0.15, 0.2) is 84.9 Å². The molecule has 4 rings (SSSR count). The van der Waals surface area contributed by atoms with Crippen molar-refractivity contribution in [2.75, 3.05) is 14.2 Å². The Morgan fingerprint density at radius 3 is 1.27 bits per heavy atom. The van der Waals surface area contributed by atoms with E-state index in [1.165, 1.54) is 21.5 Å². The maximum Gasteiger partial charge on any atom is -0.0809 e. The first-order valence-electron chi connectivity index (χ1n) is 8.21. The molecule has 26 heavy (non-hydrogen) atoms. The minimum atomic E-state index is 0.120. The van der Waals surface area contributed by atoms with Gasteiger partial charge in [-0.05, 0) is 0 Å². The fraction of sp³-hybridized carbons (Fsp3) is 0.182. The second-order valence-electron chi connectivity index (χ2n) is 5.31. The standard InChI is InChI=1S/2C9H7.C2H6Si.2CH3O.Ti/c2*1-2-5-9-7-3-6-8(9)4-1;1-3-2;2*1-2;/h2*1-7H;1-2H3;2*1H3;/q2*-1;;2*-1;+2. The monoisotopic (exact) mass is 398 g/mol. The van der Waals surface area contributed by atoms with E-state index >= 15 is 0 Å². The molecule has 0 aliphatic rings. The average molecular weight is 398 g/mol. The van der Waals surface area contributed by atoms with E-state index in [4.69, 9.17) is 10.2 Å². The molecule has 0 bridgehead atoms. The van der Waals surface area contributed by atoms with Crippen LogP contribution in [0.3, 0.4) is 0 Å². The van der Waals surface area contributed by atoms with Gasteiger partial charge in [0.15, 0.2) is 0 Å². The summed E-state index contributed by atoms with van der Waals surface area (Å²) >= 11 is 2.27. The first-order chi connectivity index (χ1) is 12.7. The maximum absolute atomic E-state index is 8.25. The van der Waals surface area contributed by atoms with Gasteiger partial charge in [0, 0.05) is 0 Å². The minimum Gasteiger partial charge on any atom is -0.168 e. The van der Waals surface area contributed by atoms with Gasteiger partial charge in [0.05, 0.1) is 0 Å². The van der Waals surface area contributed by atoms with E-state index < -0.39 is 0 Å². The van der Waals surface area contributed by atoms with Crippen molar-refractivity contribution >= 4 is 27.7 Å². The molecule has 0 heterocycles. The summed E-state index contributed by atoms with van der Waals surface area (Å²) in [6.45, 7) is 4.54. The molecule has 0 fully saturated rings. The van der Waals surface area contributed by atoms with E-state index in [2.05, 4.69) is 117 Å². The molecule has 0 N–H and O–H groups in total. The van der Waals surface area contributed by atoms with Crippen molar-refractivity contribution in [3.05, 3.63) is 84.9 Å². The zero-order chi connectivity index (χ0) is 19.8. The zero-order valence-electron chi connectivity index (χ0n) is 15.9. The Bertz CT molecular complexity index is 719. The van der Waals surface area contributed by atoms with E-state index in [1.54, 1.807) is 0 Å². The van der Waals surface area contributed by atoms with Gasteiger partial charge >= 0.3 is 38.5 Å². The summed E-state index contributed by atoms with van der Waals surface area (Å²) in [4.78, 5) is 0. The second-order valence-corrected chi connectivity index (χ2v) is 12.0. The molecule has 0 radical (unpaired) electrons. The summed E-state index contributed by atoms with van der Waals surface area (Å²) in [7, 11) is 1.50. The van der Waals surface area contributed by atoms with Crippen molar-refractivity contribution < 1.29 is 29.4 Å². The summed E-state index contributed by atoms with van der Waals surface area (Å²) < 4.78 is 0. The van der Waals surface area contributed by atoms with E-state index in [0.717, 1.165) is 14.2 Å². The van der Waals surface area contributed by atoms with Crippen LogP contribution in [0.5, 0.6) is 0 Å². The van der Waals surface area contributed by atoms with Gasteiger partial charge in [-0.1, -0.05) is 12.1 Å². The molecule has 136 valence electrons. The number of benzene rings is 2. The smallest absolute Gasteiger partial charge is 0.0809 e. The third kappa shape index (κ3) is 9.86. The quantitative estimate of drug-likeness (QED) is 0.334. The van der Waals surface area contributed by atoms with Gasteiger partial charge in [0.1, 0.15) is 0 Å². The minimum absolute atomic E-state index is 0.120. The van der Waals surface area contributed by atoms with Crippen LogP contribution in [0.25, 0.3) is 21.5 Å². The Kier molecular flexibility index (Phi) is 14.8. The van der Waals surface area contributed by atoms with E-state index in [0.29, 0.717) is 0 Å². The van der Waals surface area contributed by atoms with Gasteiger partial charge in [-0.15, -0.1) is 59.3 Å². The third-order valence-electron chi connectivity index (χ3n) is 3.10. The van der Waals surface area contributed by atoms with Gasteiger partial charge < -0.3 is 10.2 Å². The number of hydrogen-bond acceptors (Lipinski definition) is 2. The molecule has 2 nitrogen and oxygen atoms in total. The van der Waals surface area contributed by atoms with Crippen molar-refractivity contribution in [1.29, 1.82) is 0 Å². The van der Waals surface area contributed by atoms with Crippen LogP contribution in [-0.4, -0.2) is 20.4 Å². The molecule has 0 spiro atoms. The molecule has 0 atom stereocenters. The summed E-state index contributed by atoms with van der Waals surface area (Å²) in [6.07, 6.45) is 0.120. The first-order valence-corrected chi connectivity index (χ1v) is 13.1. The van der Waals surface area contributed by atoms with Crippen LogP contribution in [0, 0.1) is 0 Å². The molecule has 4 aromatic rings. The maximum atomic E-state index is 8.25. The summed E-state index contributed by atoms with van der Waals surface area (Å²) in [6, 6.07) is 29.3. The normalized spacial score (nSPS) is 8.62. The molecule has 0 aromatic heterocycles. The molecule has 4 aromatic carbocycles. The van der Waals surface area contributed by atoms with Crippen molar-refractivity contribution in [1.82, 2.24) is 0 Å². The molecular weight excluding hydrogens is 372 g/mol. The van der Waals surface area contributed by atoms with E-state index in [-0.39, 0.29) is 6.19 Å². The van der Waals surface area contributed by atoms with Crippen LogP contribution in [-0.2, 0) is 19.2 Å². The number of fused-ring (bicyclic) bond motifs is 2. The SMILES string of the molecule is C[O-].C[O-].C[Si](C)=[Ti+2].c1ccc2[cH-]ccc2c1.c1ccc2[cH-]ccc2c1. The number of rotatable bonds is 0. The topological polar surface area (TPSA) is 46.1 Å². The summed E-state index contributed by atoms with van der Waals surface area (Å²) in [5, 5.41) is 21.8. The Labute approximate surface area is 169 Å². The predicted octanol–water partition coefficient (Wildman–Crippen LogP) is 3.85. The van der Waals surface area contributed by atoms with Crippen molar-refractivity contribution in [2.45, 2.75) is 13.1 Å². The molecule has 0 amide bonds. The zero-order valence-corrected chi connectivity index (χ0v) is 18.5. The fourth-order valence-corrected chi connectivity index (χ4v) is 2.14.